The molecule has 1 saturated heterocycles. The van der Waals surface area contributed by atoms with Gasteiger partial charge in [-0.2, -0.15) is 0 Å². The van der Waals surface area contributed by atoms with Crippen molar-refractivity contribution in [2.24, 2.45) is 0 Å². The van der Waals surface area contributed by atoms with Crippen LogP contribution in [0.5, 0.6) is 5.75 Å². The van der Waals surface area contributed by atoms with Gasteiger partial charge in [0.1, 0.15) is 5.75 Å². The molecule has 0 bridgehead atoms. The summed E-state index contributed by atoms with van der Waals surface area (Å²) < 4.78 is 6.55. The van der Waals surface area contributed by atoms with E-state index in [-0.39, 0.29) is 5.91 Å². The van der Waals surface area contributed by atoms with E-state index in [1.54, 1.807) is 36.6 Å². The van der Waals surface area contributed by atoms with Crippen LogP contribution in [0.25, 0.3) is 10.2 Å². The smallest absolute Gasteiger partial charge is 0.279 e. The van der Waals surface area contributed by atoms with Crippen molar-refractivity contribution >= 4 is 44.7 Å². The Morgan fingerprint density at radius 1 is 1.29 bits per heavy atom. The third-order valence-corrected chi connectivity index (χ3v) is 6.63. The number of likely N-dealkylation sites (tertiary alicyclic amines) is 1. The molecule has 0 saturated carbocycles. The molecule has 7 heteroatoms. The van der Waals surface area contributed by atoms with Crippen molar-refractivity contribution in [3.8, 4) is 5.75 Å². The molecule has 0 unspecified atom stereocenters. The molecule has 3 aromatic rings. The fourth-order valence-electron chi connectivity index (χ4n) is 3.71. The first-order valence-electron chi connectivity index (χ1n) is 9.45. The largest absolute Gasteiger partial charge is 0.495 e. The minimum Gasteiger partial charge on any atom is -0.495 e. The van der Waals surface area contributed by atoms with E-state index in [0.29, 0.717) is 28.9 Å². The summed E-state index contributed by atoms with van der Waals surface area (Å²) in [6.07, 6.45) is 2.12. The Balaban J connectivity index is 1.33. The van der Waals surface area contributed by atoms with Crippen LogP contribution < -0.4 is 15.0 Å². The van der Waals surface area contributed by atoms with Gasteiger partial charge in [0.15, 0.2) is 6.54 Å². The van der Waals surface area contributed by atoms with E-state index < -0.39 is 0 Å². The van der Waals surface area contributed by atoms with Gasteiger partial charge in [-0.3, -0.25) is 4.79 Å². The number of aromatic nitrogens is 1. The monoisotopic (exact) mass is 416 g/mol. The summed E-state index contributed by atoms with van der Waals surface area (Å²) in [5.74, 6) is 1.09. The number of hydrogen-bond donors (Lipinski definition) is 2. The van der Waals surface area contributed by atoms with E-state index in [2.05, 4.69) is 23.5 Å². The minimum atomic E-state index is -0.0194. The number of para-hydroxylation sites is 1. The SMILES string of the molecule is COc1ccc(Cl)cc1NC(=O)C[NH+]1CCC(c2nc3ccccc3s2)CC1. The predicted molar refractivity (Wildman–Crippen MR) is 114 cm³/mol. The molecule has 0 atom stereocenters. The lowest BCUT2D eigenvalue weighted by Crippen LogP contribution is -3.14. The van der Waals surface area contributed by atoms with Gasteiger partial charge >= 0.3 is 0 Å². The molecule has 1 amide bonds. The first-order chi connectivity index (χ1) is 13.6. The number of thiazole rings is 1. The molecule has 2 aromatic carbocycles. The Hall–Kier alpha value is -2.15. The molecule has 28 heavy (non-hydrogen) atoms. The van der Waals surface area contributed by atoms with E-state index in [1.165, 1.54) is 14.6 Å². The lowest BCUT2D eigenvalue weighted by Gasteiger charge is -2.27. The summed E-state index contributed by atoms with van der Waals surface area (Å²) in [5, 5.41) is 4.73. The van der Waals surface area contributed by atoms with Crippen molar-refractivity contribution in [2.75, 3.05) is 32.1 Å². The zero-order chi connectivity index (χ0) is 19.5. The van der Waals surface area contributed by atoms with Crippen LogP contribution in [0.1, 0.15) is 23.8 Å². The van der Waals surface area contributed by atoms with E-state index in [0.717, 1.165) is 31.4 Å². The number of nitrogens with one attached hydrogen (secondary N) is 2. The number of anilines is 1. The standard InChI is InChI=1S/C21H22ClN3O2S/c1-27-18-7-6-15(22)12-17(18)23-20(26)13-25-10-8-14(9-11-25)21-24-16-4-2-3-5-19(16)28-21/h2-7,12,14H,8-11,13H2,1H3,(H,23,26)/p+1. The lowest BCUT2D eigenvalue weighted by atomic mass is 9.97. The lowest BCUT2D eigenvalue weighted by molar-refractivity contribution is -0.897. The molecule has 5 nitrogen and oxygen atoms in total. The fourth-order valence-corrected chi connectivity index (χ4v) is 5.02. The number of methoxy groups -OCH3 is 1. The molecule has 1 aliphatic heterocycles. The molecule has 4 rings (SSSR count). The van der Waals surface area contributed by atoms with Crippen molar-refractivity contribution in [3.63, 3.8) is 0 Å². The third kappa shape index (κ3) is 4.29. The highest BCUT2D eigenvalue weighted by Crippen LogP contribution is 2.31. The van der Waals surface area contributed by atoms with Crippen LogP contribution in [0, 0.1) is 0 Å². The second-order valence-corrected chi connectivity index (χ2v) is 8.61. The van der Waals surface area contributed by atoms with Crippen molar-refractivity contribution in [1.29, 1.82) is 0 Å². The predicted octanol–water partition coefficient (Wildman–Crippen LogP) is 3.36. The number of halogens is 1. The second-order valence-electron chi connectivity index (χ2n) is 7.11. The summed E-state index contributed by atoms with van der Waals surface area (Å²) in [4.78, 5) is 18.6. The molecule has 1 aromatic heterocycles. The molecule has 2 heterocycles. The van der Waals surface area contributed by atoms with E-state index >= 15 is 0 Å². The average Bonchev–Trinajstić information content (AvgIpc) is 3.13. The Morgan fingerprint density at radius 3 is 2.82 bits per heavy atom. The van der Waals surface area contributed by atoms with Crippen LogP contribution in [0.3, 0.4) is 0 Å². The van der Waals surface area contributed by atoms with Crippen LogP contribution in [0.15, 0.2) is 42.5 Å². The fraction of sp³-hybridized carbons (Fsp3) is 0.333. The second kappa shape index (κ2) is 8.47. The third-order valence-electron chi connectivity index (χ3n) is 5.20. The topological polar surface area (TPSA) is 55.7 Å². The first-order valence-corrected chi connectivity index (χ1v) is 10.6. The highest BCUT2D eigenvalue weighted by atomic mass is 35.5. The summed E-state index contributed by atoms with van der Waals surface area (Å²) in [6.45, 7) is 2.39. The molecule has 0 aliphatic carbocycles. The van der Waals surface area contributed by atoms with Crippen molar-refractivity contribution in [1.82, 2.24) is 4.98 Å². The number of carbonyl (C=O) groups is 1. The number of rotatable bonds is 5. The van der Waals surface area contributed by atoms with Gasteiger partial charge in [0.2, 0.25) is 0 Å². The zero-order valence-corrected chi connectivity index (χ0v) is 17.3. The van der Waals surface area contributed by atoms with Crippen molar-refractivity contribution in [3.05, 3.63) is 52.5 Å². The van der Waals surface area contributed by atoms with Gasteiger partial charge < -0.3 is 15.0 Å². The first kappa shape index (κ1) is 19.2. The molecule has 146 valence electrons. The Bertz CT molecular complexity index is 950. The normalized spacial score (nSPS) is 19.5. The molecule has 1 aliphatic rings. The Morgan fingerprint density at radius 2 is 2.07 bits per heavy atom. The summed E-state index contributed by atoms with van der Waals surface area (Å²) in [5.41, 5.74) is 1.70. The molecule has 2 N–H and O–H groups in total. The number of quaternary nitrogens is 1. The Labute approximate surface area is 173 Å². The maximum Gasteiger partial charge on any atom is 0.279 e. The number of benzene rings is 2. The van der Waals surface area contributed by atoms with Gasteiger partial charge in [0.25, 0.3) is 5.91 Å². The molecule has 0 radical (unpaired) electrons. The van der Waals surface area contributed by atoms with Gasteiger partial charge in [0, 0.05) is 23.8 Å². The summed E-state index contributed by atoms with van der Waals surface area (Å²) in [7, 11) is 1.58. The van der Waals surface area contributed by atoms with E-state index in [1.807, 2.05) is 6.07 Å². The van der Waals surface area contributed by atoms with Crippen molar-refractivity contribution < 1.29 is 14.4 Å². The van der Waals surface area contributed by atoms with Gasteiger partial charge in [0.05, 0.1) is 41.1 Å². The van der Waals surface area contributed by atoms with E-state index in [9.17, 15) is 4.79 Å². The number of nitrogens with zero attached hydrogens (tertiary/aromatic N) is 1. The van der Waals surface area contributed by atoms with Crippen LogP contribution in [-0.2, 0) is 4.79 Å². The number of fused-ring (bicyclic) bond motifs is 1. The van der Waals surface area contributed by atoms with Gasteiger partial charge in [-0.05, 0) is 30.3 Å². The molecular formula is C21H23ClN3O2S+. The number of hydrogen-bond acceptors (Lipinski definition) is 4. The van der Waals surface area contributed by atoms with Gasteiger partial charge in [-0.15, -0.1) is 11.3 Å². The highest BCUT2D eigenvalue weighted by Gasteiger charge is 2.27. The molecular weight excluding hydrogens is 394 g/mol. The van der Waals surface area contributed by atoms with Crippen LogP contribution in [0.2, 0.25) is 5.02 Å². The van der Waals surface area contributed by atoms with E-state index in [4.69, 9.17) is 21.3 Å². The van der Waals surface area contributed by atoms with Crippen LogP contribution in [-0.4, -0.2) is 37.6 Å². The number of ether oxygens (including phenoxy) is 1. The Kier molecular flexibility index (Phi) is 5.80. The van der Waals surface area contributed by atoms with Gasteiger partial charge in [-0.25, -0.2) is 4.98 Å². The number of piperidine rings is 1. The molecule has 1 fully saturated rings. The highest BCUT2D eigenvalue weighted by molar-refractivity contribution is 7.18. The maximum atomic E-state index is 12.5. The quantitative estimate of drug-likeness (QED) is 0.670. The molecule has 0 spiro atoms. The minimum absolute atomic E-state index is 0.0194. The summed E-state index contributed by atoms with van der Waals surface area (Å²) >= 11 is 7.84. The van der Waals surface area contributed by atoms with Gasteiger partial charge in [-0.1, -0.05) is 23.7 Å². The zero-order valence-electron chi connectivity index (χ0n) is 15.7. The van der Waals surface area contributed by atoms with Crippen LogP contribution >= 0.6 is 22.9 Å². The summed E-state index contributed by atoms with van der Waals surface area (Å²) in [6, 6.07) is 13.5. The van der Waals surface area contributed by atoms with Crippen molar-refractivity contribution in [2.45, 2.75) is 18.8 Å². The number of carbonyl (C=O) groups excluding carboxylic acids is 1. The average molecular weight is 417 g/mol. The maximum absolute atomic E-state index is 12.5. The number of amides is 1. The van der Waals surface area contributed by atoms with Crippen LogP contribution in [0.4, 0.5) is 5.69 Å².